The minimum Gasteiger partial charge on any atom is -0.338 e. The van der Waals surface area contributed by atoms with E-state index < -0.39 is 0 Å². The molecule has 0 aromatic heterocycles. The molecule has 0 saturated heterocycles. The zero-order chi connectivity index (χ0) is 15.9. The Hall–Kier alpha value is -2.29. The van der Waals surface area contributed by atoms with Gasteiger partial charge in [0.2, 0.25) is 0 Å². The summed E-state index contributed by atoms with van der Waals surface area (Å²) in [4.78, 5) is 14.2. The van der Waals surface area contributed by atoms with E-state index in [0.29, 0.717) is 0 Å². The van der Waals surface area contributed by atoms with Gasteiger partial charge in [-0.05, 0) is 42.4 Å². The lowest BCUT2D eigenvalue weighted by atomic mass is 10.0. The van der Waals surface area contributed by atoms with Crippen LogP contribution in [0.2, 0.25) is 0 Å². The fraction of sp³-hybridized carbons (Fsp3) is 0.350. The fourth-order valence-corrected chi connectivity index (χ4v) is 3.08. The van der Waals surface area contributed by atoms with Crippen molar-refractivity contribution >= 4 is 6.03 Å². The van der Waals surface area contributed by atoms with Crippen molar-refractivity contribution in [2.45, 2.75) is 32.2 Å². The summed E-state index contributed by atoms with van der Waals surface area (Å²) in [6.45, 7) is 2.29. The van der Waals surface area contributed by atoms with E-state index in [2.05, 4.69) is 47.8 Å². The summed E-state index contributed by atoms with van der Waals surface area (Å²) in [5.74, 6) is 0. The molecule has 2 amide bonds. The first-order valence-corrected chi connectivity index (χ1v) is 8.46. The largest absolute Gasteiger partial charge is 0.338 e. The second-order valence-corrected chi connectivity index (χ2v) is 6.11. The van der Waals surface area contributed by atoms with Gasteiger partial charge in [0.25, 0.3) is 0 Å². The molecule has 0 aliphatic carbocycles. The van der Waals surface area contributed by atoms with E-state index in [9.17, 15) is 4.79 Å². The summed E-state index contributed by atoms with van der Waals surface area (Å²) in [6.07, 6.45) is 4.16. The summed E-state index contributed by atoms with van der Waals surface area (Å²) in [5, 5.41) is 3.06. The maximum atomic E-state index is 12.3. The van der Waals surface area contributed by atoms with Gasteiger partial charge in [0.1, 0.15) is 0 Å². The van der Waals surface area contributed by atoms with Gasteiger partial charge in [-0.1, -0.05) is 54.6 Å². The first kappa shape index (κ1) is 15.6. The molecule has 120 valence electrons. The van der Waals surface area contributed by atoms with Crippen molar-refractivity contribution in [1.82, 2.24) is 10.2 Å². The van der Waals surface area contributed by atoms with Crippen LogP contribution < -0.4 is 5.32 Å². The van der Waals surface area contributed by atoms with E-state index in [1.807, 2.05) is 17.0 Å². The molecule has 0 saturated carbocycles. The highest BCUT2D eigenvalue weighted by Crippen LogP contribution is 2.18. The zero-order valence-electron chi connectivity index (χ0n) is 13.5. The third kappa shape index (κ3) is 4.35. The Balaban J connectivity index is 1.37. The van der Waals surface area contributed by atoms with Crippen LogP contribution in [-0.2, 0) is 19.4 Å². The van der Waals surface area contributed by atoms with E-state index in [4.69, 9.17) is 0 Å². The van der Waals surface area contributed by atoms with Gasteiger partial charge in [-0.25, -0.2) is 4.79 Å². The Morgan fingerprint density at radius 2 is 1.70 bits per heavy atom. The maximum Gasteiger partial charge on any atom is 0.317 e. The molecule has 0 spiro atoms. The first-order chi connectivity index (χ1) is 11.3. The van der Waals surface area contributed by atoms with E-state index in [1.54, 1.807) is 0 Å². The first-order valence-electron chi connectivity index (χ1n) is 8.46. The third-order valence-electron chi connectivity index (χ3n) is 4.43. The summed E-state index contributed by atoms with van der Waals surface area (Å²) in [7, 11) is 0. The number of amides is 2. The minimum absolute atomic E-state index is 0.0687. The summed E-state index contributed by atoms with van der Waals surface area (Å²) < 4.78 is 0. The molecule has 0 bridgehead atoms. The van der Waals surface area contributed by atoms with Crippen LogP contribution in [-0.4, -0.2) is 24.0 Å². The molecule has 3 heteroatoms. The number of carbonyl (C=O) groups is 1. The molecule has 2 aromatic carbocycles. The second kappa shape index (κ2) is 7.82. The van der Waals surface area contributed by atoms with Gasteiger partial charge < -0.3 is 10.2 Å². The lowest BCUT2D eigenvalue weighted by Gasteiger charge is -2.29. The van der Waals surface area contributed by atoms with Crippen LogP contribution in [0.25, 0.3) is 0 Å². The van der Waals surface area contributed by atoms with Gasteiger partial charge in [-0.2, -0.15) is 0 Å². The monoisotopic (exact) mass is 308 g/mol. The molecule has 1 aliphatic heterocycles. The number of aryl methyl sites for hydroxylation is 1. The standard InChI is InChI=1S/C20H24N2O/c23-20(21-14-7-6-10-17-8-2-1-3-9-17)22-15-13-18-11-4-5-12-19(18)16-22/h1-5,8-9,11-12H,6-7,10,13-16H2,(H,21,23). The van der Waals surface area contributed by atoms with Crippen LogP contribution in [0.3, 0.4) is 0 Å². The van der Waals surface area contributed by atoms with E-state index in [-0.39, 0.29) is 6.03 Å². The van der Waals surface area contributed by atoms with Crippen LogP contribution in [0, 0.1) is 0 Å². The highest BCUT2D eigenvalue weighted by Gasteiger charge is 2.19. The Morgan fingerprint density at radius 1 is 0.957 bits per heavy atom. The molecule has 1 heterocycles. The van der Waals surface area contributed by atoms with E-state index in [0.717, 1.165) is 45.3 Å². The van der Waals surface area contributed by atoms with Crippen molar-refractivity contribution in [3.63, 3.8) is 0 Å². The van der Waals surface area contributed by atoms with Gasteiger partial charge >= 0.3 is 6.03 Å². The number of hydrogen-bond donors (Lipinski definition) is 1. The highest BCUT2D eigenvalue weighted by atomic mass is 16.2. The number of nitrogens with one attached hydrogen (secondary N) is 1. The molecule has 0 unspecified atom stereocenters. The topological polar surface area (TPSA) is 32.3 Å². The Morgan fingerprint density at radius 3 is 2.52 bits per heavy atom. The van der Waals surface area contributed by atoms with Crippen LogP contribution in [0.5, 0.6) is 0 Å². The van der Waals surface area contributed by atoms with Gasteiger partial charge in [0, 0.05) is 19.6 Å². The van der Waals surface area contributed by atoms with Gasteiger partial charge in [0.05, 0.1) is 0 Å². The van der Waals surface area contributed by atoms with Crippen molar-refractivity contribution < 1.29 is 4.79 Å². The van der Waals surface area contributed by atoms with Crippen molar-refractivity contribution in [2.24, 2.45) is 0 Å². The number of hydrogen-bond acceptors (Lipinski definition) is 1. The van der Waals surface area contributed by atoms with Gasteiger partial charge in [-0.15, -0.1) is 0 Å². The number of fused-ring (bicyclic) bond motifs is 1. The quantitative estimate of drug-likeness (QED) is 0.838. The number of nitrogens with zero attached hydrogens (tertiary/aromatic N) is 1. The second-order valence-electron chi connectivity index (χ2n) is 6.11. The molecular weight excluding hydrogens is 284 g/mol. The highest BCUT2D eigenvalue weighted by molar-refractivity contribution is 5.74. The average molecular weight is 308 g/mol. The third-order valence-corrected chi connectivity index (χ3v) is 4.43. The molecule has 0 atom stereocenters. The lowest BCUT2D eigenvalue weighted by molar-refractivity contribution is 0.192. The molecule has 3 nitrogen and oxygen atoms in total. The maximum absolute atomic E-state index is 12.3. The van der Waals surface area contributed by atoms with Gasteiger partial charge in [0.15, 0.2) is 0 Å². The Kier molecular flexibility index (Phi) is 5.30. The molecule has 1 N–H and O–H groups in total. The van der Waals surface area contributed by atoms with Crippen LogP contribution in [0.1, 0.15) is 29.5 Å². The summed E-state index contributed by atoms with van der Waals surface area (Å²) in [5.41, 5.74) is 4.02. The van der Waals surface area contributed by atoms with Crippen molar-refractivity contribution in [1.29, 1.82) is 0 Å². The minimum atomic E-state index is 0.0687. The van der Waals surface area contributed by atoms with E-state index >= 15 is 0 Å². The van der Waals surface area contributed by atoms with Crippen molar-refractivity contribution in [3.05, 3.63) is 71.3 Å². The van der Waals surface area contributed by atoms with Crippen LogP contribution in [0.15, 0.2) is 54.6 Å². The average Bonchev–Trinajstić information content (AvgIpc) is 2.61. The molecule has 0 fully saturated rings. The fourth-order valence-electron chi connectivity index (χ4n) is 3.08. The Bertz CT molecular complexity index is 639. The van der Waals surface area contributed by atoms with Gasteiger partial charge in [-0.3, -0.25) is 0 Å². The van der Waals surface area contributed by atoms with Crippen LogP contribution in [0.4, 0.5) is 4.79 Å². The van der Waals surface area contributed by atoms with Crippen molar-refractivity contribution in [3.8, 4) is 0 Å². The Labute approximate surface area is 138 Å². The van der Waals surface area contributed by atoms with Crippen LogP contribution >= 0.6 is 0 Å². The molecule has 0 radical (unpaired) electrons. The number of carbonyl (C=O) groups excluding carboxylic acids is 1. The smallest absolute Gasteiger partial charge is 0.317 e. The van der Waals surface area contributed by atoms with Crippen molar-refractivity contribution in [2.75, 3.05) is 13.1 Å². The normalized spacial score (nSPS) is 13.5. The SMILES string of the molecule is O=C(NCCCCc1ccccc1)N1CCc2ccccc2C1. The number of unbranched alkanes of at least 4 members (excludes halogenated alkanes) is 1. The molecule has 2 aromatic rings. The lowest BCUT2D eigenvalue weighted by Crippen LogP contribution is -2.43. The predicted molar refractivity (Wildman–Crippen MR) is 93.3 cm³/mol. The molecular formula is C20H24N2O. The number of rotatable bonds is 5. The molecule has 23 heavy (non-hydrogen) atoms. The number of urea groups is 1. The number of benzene rings is 2. The molecule has 1 aliphatic rings. The summed E-state index contributed by atoms with van der Waals surface area (Å²) in [6, 6.07) is 19.0. The predicted octanol–water partition coefficient (Wildman–Crippen LogP) is 3.78. The van der Waals surface area contributed by atoms with E-state index in [1.165, 1.54) is 16.7 Å². The summed E-state index contributed by atoms with van der Waals surface area (Å²) >= 11 is 0. The molecule has 3 rings (SSSR count). The zero-order valence-corrected chi connectivity index (χ0v) is 13.5.